The third-order valence-electron chi connectivity index (χ3n) is 5.80. The van der Waals surface area contributed by atoms with Crippen LogP contribution in [0.5, 0.6) is 0 Å². The number of hydrogen-bond acceptors (Lipinski definition) is 7. The fourth-order valence-corrected chi connectivity index (χ4v) is 4.17. The fraction of sp³-hybridized carbons (Fsp3) is 0.619. The lowest BCUT2D eigenvalue weighted by Gasteiger charge is -2.39. The first kappa shape index (κ1) is 21.1. The van der Waals surface area contributed by atoms with Gasteiger partial charge in [-0.15, -0.1) is 0 Å². The summed E-state index contributed by atoms with van der Waals surface area (Å²) < 4.78 is 1.81. The first-order valence-corrected chi connectivity index (χ1v) is 10.5. The predicted octanol–water partition coefficient (Wildman–Crippen LogP) is 2.81. The molecule has 7 heteroatoms. The number of unbranched alkanes of at least 4 members (excludes halogenated alkanes) is 1. The summed E-state index contributed by atoms with van der Waals surface area (Å²) in [6.07, 6.45) is 3.33. The van der Waals surface area contributed by atoms with Crippen LogP contribution in [-0.2, 0) is 0 Å². The van der Waals surface area contributed by atoms with Crippen LogP contribution in [0.4, 0.5) is 11.4 Å². The maximum atomic E-state index is 9.89. The van der Waals surface area contributed by atoms with Crippen molar-refractivity contribution >= 4 is 29.9 Å². The summed E-state index contributed by atoms with van der Waals surface area (Å²) in [7, 11) is 3.96. The highest BCUT2D eigenvalue weighted by molar-refractivity contribution is 7.81. The summed E-state index contributed by atoms with van der Waals surface area (Å²) >= 11 is 4.44. The highest BCUT2D eigenvalue weighted by Gasteiger charge is 2.41. The summed E-state index contributed by atoms with van der Waals surface area (Å²) in [5, 5.41) is 13.6. The average Bonchev–Trinajstić information content (AvgIpc) is 3.01. The second-order valence-corrected chi connectivity index (χ2v) is 9.40. The van der Waals surface area contributed by atoms with Crippen LogP contribution in [0.3, 0.4) is 0 Å². The molecule has 2 unspecified atom stereocenters. The van der Waals surface area contributed by atoms with E-state index < -0.39 is 0 Å². The van der Waals surface area contributed by atoms with E-state index in [1.54, 1.807) is 0 Å². The lowest BCUT2D eigenvalue weighted by molar-refractivity contribution is 0.109. The van der Waals surface area contributed by atoms with Gasteiger partial charge < -0.3 is 30.3 Å². The van der Waals surface area contributed by atoms with Gasteiger partial charge in [-0.3, -0.25) is 0 Å². The maximum absolute atomic E-state index is 9.89. The summed E-state index contributed by atoms with van der Waals surface area (Å²) in [5.41, 5.74) is 12.0. The predicted molar refractivity (Wildman–Crippen MR) is 121 cm³/mol. The smallest absolute Gasteiger partial charge is 0.120 e. The molecule has 28 heavy (non-hydrogen) atoms. The molecule has 1 aromatic carbocycles. The van der Waals surface area contributed by atoms with E-state index in [2.05, 4.69) is 66.9 Å². The molecule has 2 atom stereocenters. The first-order valence-electron chi connectivity index (χ1n) is 10.1. The van der Waals surface area contributed by atoms with Gasteiger partial charge >= 0.3 is 0 Å². The third kappa shape index (κ3) is 3.80. The van der Waals surface area contributed by atoms with Crippen molar-refractivity contribution in [2.24, 2.45) is 11.1 Å². The van der Waals surface area contributed by atoms with Crippen LogP contribution in [0.15, 0.2) is 23.9 Å². The highest BCUT2D eigenvalue weighted by Crippen LogP contribution is 2.44. The van der Waals surface area contributed by atoms with E-state index in [4.69, 9.17) is 5.73 Å². The van der Waals surface area contributed by atoms with Gasteiger partial charge in [0.05, 0.1) is 17.6 Å². The molecule has 3 rings (SSSR count). The Morgan fingerprint density at radius 3 is 2.68 bits per heavy atom. The number of nitrogens with two attached hydrogens (primary N) is 1. The maximum Gasteiger partial charge on any atom is 0.120 e. The number of hydrogen-bond donors (Lipinski definition) is 4. The van der Waals surface area contributed by atoms with Crippen LogP contribution in [-0.4, -0.2) is 49.6 Å². The molecule has 6 nitrogen and oxygen atoms in total. The Balaban J connectivity index is 2.07. The molecule has 0 saturated carbocycles. The van der Waals surface area contributed by atoms with Gasteiger partial charge in [0.15, 0.2) is 0 Å². The molecule has 0 radical (unpaired) electrons. The van der Waals surface area contributed by atoms with Crippen LogP contribution in [0.25, 0.3) is 5.70 Å². The summed E-state index contributed by atoms with van der Waals surface area (Å²) in [6, 6.07) is 6.40. The summed E-state index contributed by atoms with van der Waals surface area (Å²) in [5.74, 6) is 0. The SMILES string of the molecule is CCCCC1NC2=C(c3ccc(N(C)S)cc3N(C)C2N)N1CC(C)(C)CO. The molecule has 0 spiro atoms. The largest absolute Gasteiger partial charge is 0.396 e. The molecule has 0 aromatic heterocycles. The highest BCUT2D eigenvalue weighted by atomic mass is 32.1. The Morgan fingerprint density at radius 2 is 2.07 bits per heavy atom. The van der Waals surface area contributed by atoms with Gasteiger partial charge in [-0.25, -0.2) is 0 Å². The molecule has 156 valence electrons. The van der Waals surface area contributed by atoms with Crippen LogP contribution in [0, 0.1) is 5.41 Å². The Kier molecular flexibility index (Phi) is 6.08. The van der Waals surface area contributed by atoms with E-state index in [0.29, 0.717) is 0 Å². The zero-order valence-corrected chi connectivity index (χ0v) is 18.6. The van der Waals surface area contributed by atoms with Gasteiger partial charge in [0.25, 0.3) is 0 Å². The van der Waals surface area contributed by atoms with Gasteiger partial charge in [-0.2, -0.15) is 0 Å². The van der Waals surface area contributed by atoms with E-state index in [-0.39, 0.29) is 24.4 Å². The molecule has 2 aliphatic rings. The van der Waals surface area contributed by atoms with Crippen LogP contribution >= 0.6 is 12.8 Å². The second-order valence-electron chi connectivity index (χ2n) is 8.80. The number of aliphatic hydroxyl groups is 1. The number of aliphatic hydroxyl groups excluding tert-OH is 1. The zero-order chi connectivity index (χ0) is 20.6. The second kappa shape index (κ2) is 8.05. The molecule has 0 amide bonds. The molecule has 1 aromatic rings. The van der Waals surface area contributed by atoms with Crippen LogP contribution in [0.1, 0.15) is 45.6 Å². The summed E-state index contributed by atoms with van der Waals surface area (Å²) in [4.78, 5) is 4.55. The van der Waals surface area contributed by atoms with Crippen molar-refractivity contribution in [3.8, 4) is 0 Å². The number of anilines is 2. The standard InChI is InChI=1S/C21H35N5OS/c1-6-7-8-17-23-18-19(26(17)12-21(2,3)13-27)15-10-9-14(25(5)28)11-16(15)24(4)20(18)22/h9-11,17,20,23,27-28H,6-8,12-13,22H2,1-5H3. The Hall–Kier alpha value is -1.57. The van der Waals surface area contributed by atoms with E-state index in [9.17, 15) is 5.11 Å². The number of rotatable bonds is 7. The van der Waals surface area contributed by atoms with Crippen molar-refractivity contribution in [2.75, 3.05) is 36.5 Å². The number of thiol groups is 1. The minimum Gasteiger partial charge on any atom is -0.396 e. The minimum atomic E-state index is -0.227. The van der Waals surface area contributed by atoms with E-state index in [1.807, 2.05) is 18.4 Å². The van der Waals surface area contributed by atoms with Crippen molar-refractivity contribution in [1.82, 2.24) is 10.2 Å². The molecule has 2 heterocycles. The zero-order valence-electron chi connectivity index (χ0n) is 17.7. The van der Waals surface area contributed by atoms with Gasteiger partial charge in [-0.05, 0) is 31.0 Å². The van der Waals surface area contributed by atoms with Crippen molar-refractivity contribution in [3.63, 3.8) is 0 Å². The minimum absolute atomic E-state index is 0.148. The van der Waals surface area contributed by atoms with E-state index >= 15 is 0 Å². The number of nitrogens with zero attached hydrogens (tertiary/aromatic N) is 3. The van der Waals surface area contributed by atoms with Crippen LogP contribution < -0.4 is 20.3 Å². The molecular formula is C21H35N5OS. The molecule has 0 bridgehead atoms. The van der Waals surface area contributed by atoms with Crippen molar-refractivity contribution in [1.29, 1.82) is 0 Å². The van der Waals surface area contributed by atoms with Gasteiger partial charge in [-0.1, -0.05) is 40.0 Å². The third-order valence-corrected chi connectivity index (χ3v) is 6.03. The fourth-order valence-electron chi connectivity index (χ4n) is 4.04. The number of nitrogens with one attached hydrogen (secondary N) is 1. The quantitative estimate of drug-likeness (QED) is 0.523. The average molecular weight is 406 g/mol. The first-order chi connectivity index (χ1) is 13.2. The van der Waals surface area contributed by atoms with Crippen LogP contribution in [0.2, 0.25) is 0 Å². The molecule has 4 N–H and O–H groups in total. The van der Waals surface area contributed by atoms with E-state index in [1.165, 1.54) is 11.3 Å². The van der Waals surface area contributed by atoms with Crippen molar-refractivity contribution in [2.45, 2.75) is 52.4 Å². The lowest BCUT2D eigenvalue weighted by Crippen LogP contribution is -2.47. The molecule has 0 aliphatic carbocycles. The monoisotopic (exact) mass is 405 g/mol. The number of benzene rings is 1. The van der Waals surface area contributed by atoms with Gasteiger partial charge in [0, 0.05) is 49.6 Å². The van der Waals surface area contributed by atoms with Crippen molar-refractivity contribution in [3.05, 3.63) is 29.5 Å². The van der Waals surface area contributed by atoms with Crippen molar-refractivity contribution < 1.29 is 5.11 Å². The van der Waals surface area contributed by atoms with E-state index in [0.717, 1.165) is 42.9 Å². The Morgan fingerprint density at radius 1 is 1.36 bits per heavy atom. The normalized spacial score (nSPS) is 21.6. The molecule has 0 fully saturated rings. The molecule has 2 aliphatic heterocycles. The Bertz CT molecular complexity index is 748. The van der Waals surface area contributed by atoms with Gasteiger partial charge in [0.1, 0.15) is 6.17 Å². The molecular weight excluding hydrogens is 370 g/mol. The Labute approximate surface area is 174 Å². The van der Waals surface area contributed by atoms with Gasteiger partial charge in [0.2, 0.25) is 0 Å². The summed E-state index contributed by atoms with van der Waals surface area (Å²) in [6.45, 7) is 7.35. The lowest BCUT2D eigenvalue weighted by atomic mass is 9.92. The number of likely N-dealkylation sites (N-methyl/N-ethyl adjacent to an activating group) is 1. The number of fused-ring (bicyclic) bond motifs is 2. The topological polar surface area (TPSA) is 68.0 Å². The molecule has 0 saturated heterocycles.